The van der Waals surface area contributed by atoms with Crippen molar-refractivity contribution in [3.05, 3.63) is 59.7 Å². The number of aryl methyl sites for hydroxylation is 1. The molecule has 0 radical (unpaired) electrons. The number of hydrogen-bond acceptors (Lipinski definition) is 3. The minimum Gasteiger partial charge on any atom is -0.496 e. The predicted octanol–water partition coefficient (Wildman–Crippen LogP) is 3.48. The number of rotatable bonds is 4. The molecule has 98 valence electrons. The van der Waals surface area contributed by atoms with Crippen molar-refractivity contribution in [3.63, 3.8) is 0 Å². The third-order valence-corrected chi connectivity index (χ3v) is 2.87. The average Bonchev–Trinajstić information content (AvgIpc) is 2.47. The molecule has 3 heteroatoms. The summed E-state index contributed by atoms with van der Waals surface area (Å²) in [6, 6.07) is 14.6. The second kappa shape index (κ2) is 6.05. The summed E-state index contributed by atoms with van der Waals surface area (Å²) in [6.07, 6.45) is 0.746. The number of methoxy groups -OCH3 is 1. The van der Waals surface area contributed by atoms with Crippen LogP contribution in [0.5, 0.6) is 11.5 Å². The Labute approximate surface area is 112 Å². The van der Waals surface area contributed by atoms with Crippen LogP contribution in [0.25, 0.3) is 0 Å². The molecule has 0 heterocycles. The molecule has 0 unspecified atom stereocenters. The van der Waals surface area contributed by atoms with Crippen LogP contribution in [-0.2, 0) is 6.42 Å². The number of ether oxygens (including phenoxy) is 2. The lowest BCUT2D eigenvalue weighted by Crippen LogP contribution is -2.12. The molecule has 0 aliphatic heterocycles. The molecule has 0 amide bonds. The quantitative estimate of drug-likeness (QED) is 0.620. The first-order valence-electron chi connectivity index (χ1n) is 6.19. The van der Waals surface area contributed by atoms with E-state index < -0.39 is 0 Å². The molecular formula is C16H16O3. The lowest BCUT2D eigenvalue weighted by Gasteiger charge is -2.12. The van der Waals surface area contributed by atoms with Gasteiger partial charge in [-0.2, -0.15) is 0 Å². The molecule has 0 spiro atoms. The van der Waals surface area contributed by atoms with E-state index in [4.69, 9.17) is 9.47 Å². The first-order valence-corrected chi connectivity index (χ1v) is 6.19. The van der Waals surface area contributed by atoms with E-state index in [-0.39, 0.29) is 5.97 Å². The Balaban J connectivity index is 2.33. The topological polar surface area (TPSA) is 35.5 Å². The molecule has 0 aliphatic carbocycles. The van der Waals surface area contributed by atoms with Crippen LogP contribution < -0.4 is 9.47 Å². The molecule has 2 rings (SSSR count). The fraction of sp³-hybridized carbons (Fsp3) is 0.188. The monoisotopic (exact) mass is 256 g/mol. The minimum absolute atomic E-state index is 0.388. The maximum Gasteiger partial charge on any atom is 0.347 e. The summed E-state index contributed by atoms with van der Waals surface area (Å²) >= 11 is 0. The van der Waals surface area contributed by atoms with Crippen molar-refractivity contribution in [2.75, 3.05) is 7.11 Å². The number of esters is 1. The fourth-order valence-electron chi connectivity index (χ4n) is 1.92. The molecule has 0 aromatic heterocycles. The van der Waals surface area contributed by atoms with Gasteiger partial charge in [-0.15, -0.1) is 0 Å². The van der Waals surface area contributed by atoms with E-state index in [0.29, 0.717) is 17.1 Å². The summed E-state index contributed by atoms with van der Waals surface area (Å²) in [5, 5.41) is 0. The van der Waals surface area contributed by atoms with Gasteiger partial charge in [0.2, 0.25) is 0 Å². The highest BCUT2D eigenvalue weighted by molar-refractivity contribution is 5.95. The highest BCUT2D eigenvalue weighted by Crippen LogP contribution is 2.24. The molecule has 0 aliphatic rings. The standard InChI is InChI=1S/C16H16O3/c1-3-12-8-7-11-14(18-2)15(12)16(17)19-13-9-5-4-6-10-13/h4-11H,3H2,1-2H3. The summed E-state index contributed by atoms with van der Waals surface area (Å²) in [5.41, 5.74) is 1.41. The molecule has 2 aromatic rings. The molecule has 0 atom stereocenters. The van der Waals surface area contributed by atoms with Gasteiger partial charge < -0.3 is 9.47 Å². The zero-order valence-electron chi connectivity index (χ0n) is 11.1. The Morgan fingerprint density at radius 1 is 1.05 bits per heavy atom. The maximum absolute atomic E-state index is 12.3. The first kappa shape index (κ1) is 13.1. The van der Waals surface area contributed by atoms with Gasteiger partial charge in [0.1, 0.15) is 17.1 Å². The van der Waals surface area contributed by atoms with Crippen molar-refractivity contribution in [3.8, 4) is 11.5 Å². The van der Waals surface area contributed by atoms with E-state index in [9.17, 15) is 4.79 Å². The molecule has 0 saturated carbocycles. The highest BCUT2D eigenvalue weighted by Gasteiger charge is 2.18. The largest absolute Gasteiger partial charge is 0.496 e. The van der Waals surface area contributed by atoms with Crippen LogP contribution in [0.2, 0.25) is 0 Å². The molecular weight excluding hydrogens is 240 g/mol. The lowest BCUT2D eigenvalue weighted by molar-refractivity contribution is 0.0730. The van der Waals surface area contributed by atoms with Crippen molar-refractivity contribution in [2.24, 2.45) is 0 Å². The van der Waals surface area contributed by atoms with Crippen LogP contribution in [0, 0.1) is 0 Å². The van der Waals surface area contributed by atoms with E-state index in [1.807, 2.05) is 37.3 Å². The van der Waals surface area contributed by atoms with Gasteiger partial charge in [-0.3, -0.25) is 0 Å². The SMILES string of the molecule is CCc1cccc(OC)c1C(=O)Oc1ccccc1. The van der Waals surface area contributed by atoms with Gasteiger partial charge in [-0.1, -0.05) is 37.3 Å². The Bertz CT molecular complexity index is 539. The maximum atomic E-state index is 12.3. The number of hydrogen-bond donors (Lipinski definition) is 0. The van der Waals surface area contributed by atoms with Crippen LogP contribution in [-0.4, -0.2) is 13.1 Å². The summed E-state index contributed by atoms with van der Waals surface area (Å²) in [5.74, 6) is 0.682. The van der Waals surface area contributed by atoms with Gasteiger partial charge in [0, 0.05) is 0 Å². The van der Waals surface area contributed by atoms with E-state index in [1.54, 1.807) is 25.3 Å². The van der Waals surface area contributed by atoms with Crippen LogP contribution in [0.3, 0.4) is 0 Å². The van der Waals surface area contributed by atoms with Gasteiger partial charge >= 0.3 is 5.97 Å². The summed E-state index contributed by atoms with van der Waals surface area (Å²) in [4.78, 5) is 12.3. The summed E-state index contributed by atoms with van der Waals surface area (Å²) < 4.78 is 10.6. The van der Waals surface area contributed by atoms with E-state index in [0.717, 1.165) is 12.0 Å². The Morgan fingerprint density at radius 2 is 1.79 bits per heavy atom. The van der Waals surface area contributed by atoms with Crippen LogP contribution in [0.1, 0.15) is 22.8 Å². The van der Waals surface area contributed by atoms with Gasteiger partial charge in [0.15, 0.2) is 0 Å². The van der Waals surface area contributed by atoms with Gasteiger partial charge in [-0.25, -0.2) is 4.79 Å². The summed E-state index contributed by atoms with van der Waals surface area (Å²) in [7, 11) is 1.55. The zero-order chi connectivity index (χ0) is 13.7. The second-order valence-electron chi connectivity index (χ2n) is 4.05. The van der Waals surface area contributed by atoms with Crippen molar-refractivity contribution in [1.82, 2.24) is 0 Å². The van der Waals surface area contributed by atoms with Gasteiger partial charge in [0.05, 0.1) is 7.11 Å². The summed E-state index contributed by atoms with van der Waals surface area (Å²) in [6.45, 7) is 1.99. The van der Waals surface area contributed by atoms with E-state index >= 15 is 0 Å². The Hall–Kier alpha value is -2.29. The molecule has 0 bridgehead atoms. The van der Waals surface area contributed by atoms with E-state index in [1.165, 1.54) is 0 Å². The van der Waals surface area contributed by atoms with Crippen molar-refractivity contribution >= 4 is 5.97 Å². The Morgan fingerprint density at radius 3 is 2.42 bits per heavy atom. The number of carbonyl (C=O) groups is 1. The zero-order valence-corrected chi connectivity index (χ0v) is 11.1. The fourth-order valence-corrected chi connectivity index (χ4v) is 1.92. The molecule has 19 heavy (non-hydrogen) atoms. The van der Waals surface area contributed by atoms with Crippen molar-refractivity contribution in [2.45, 2.75) is 13.3 Å². The van der Waals surface area contributed by atoms with Crippen molar-refractivity contribution in [1.29, 1.82) is 0 Å². The van der Waals surface area contributed by atoms with Crippen LogP contribution in [0.15, 0.2) is 48.5 Å². The van der Waals surface area contributed by atoms with Crippen molar-refractivity contribution < 1.29 is 14.3 Å². The highest BCUT2D eigenvalue weighted by atomic mass is 16.5. The number of benzene rings is 2. The smallest absolute Gasteiger partial charge is 0.347 e. The molecule has 3 nitrogen and oxygen atoms in total. The van der Waals surface area contributed by atoms with Gasteiger partial charge in [0.25, 0.3) is 0 Å². The average molecular weight is 256 g/mol. The van der Waals surface area contributed by atoms with Crippen LogP contribution >= 0.6 is 0 Å². The first-order chi connectivity index (χ1) is 9.26. The molecule has 0 fully saturated rings. The Kier molecular flexibility index (Phi) is 4.18. The molecule has 0 N–H and O–H groups in total. The minimum atomic E-state index is -0.388. The predicted molar refractivity (Wildman–Crippen MR) is 73.8 cm³/mol. The third-order valence-electron chi connectivity index (χ3n) is 2.87. The van der Waals surface area contributed by atoms with Gasteiger partial charge in [-0.05, 0) is 30.2 Å². The lowest BCUT2D eigenvalue weighted by atomic mass is 10.0. The number of para-hydroxylation sites is 1. The molecule has 0 saturated heterocycles. The second-order valence-corrected chi connectivity index (χ2v) is 4.05. The normalized spacial score (nSPS) is 10.0. The van der Waals surface area contributed by atoms with E-state index in [2.05, 4.69) is 0 Å². The van der Waals surface area contributed by atoms with Crippen LogP contribution in [0.4, 0.5) is 0 Å². The number of carbonyl (C=O) groups excluding carboxylic acids is 1. The molecule has 2 aromatic carbocycles. The third kappa shape index (κ3) is 2.94.